The van der Waals surface area contributed by atoms with Crippen molar-refractivity contribution in [2.45, 2.75) is 56.9 Å². The number of oxime groups is 1. The smallest absolute Gasteiger partial charge is 0.350 e. The number of nitrogens with zero attached hydrogens (tertiary/aromatic N) is 5. The number of anilines is 1. The van der Waals surface area contributed by atoms with Crippen molar-refractivity contribution < 1.29 is 68.7 Å². The summed E-state index contributed by atoms with van der Waals surface area (Å²) in [5, 5.41) is 68.8. The van der Waals surface area contributed by atoms with E-state index in [1.807, 2.05) is 0 Å². The van der Waals surface area contributed by atoms with Crippen LogP contribution in [0.15, 0.2) is 46.1 Å². The first kappa shape index (κ1) is 49.6. The number of halogens is 2. The molecule has 1 aromatic heterocycles. The lowest BCUT2D eigenvalue weighted by atomic mass is 9.89. The number of benzene rings is 2. The number of rotatable bonds is 20. The quantitative estimate of drug-likeness (QED) is 0.0214. The highest BCUT2D eigenvalue weighted by Crippen LogP contribution is 2.46. The predicted octanol–water partition coefficient (Wildman–Crippen LogP) is 2.90. The third-order valence-corrected chi connectivity index (χ3v) is 14.4. The van der Waals surface area contributed by atoms with Gasteiger partial charge in [0.2, 0.25) is 11.5 Å². The summed E-state index contributed by atoms with van der Waals surface area (Å²) in [6, 6.07) is 4.78. The topological polar surface area (TPSA) is 306 Å². The molecule has 0 spiro atoms. The molecule has 0 bridgehead atoms. The Morgan fingerprint density at radius 2 is 1.64 bits per heavy atom. The molecule has 0 saturated carbocycles. The van der Waals surface area contributed by atoms with E-state index in [2.05, 4.69) is 15.5 Å². The summed E-state index contributed by atoms with van der Waals surface area (Å²) in [7, 11) is 0. The van der Waals surface area contributed by atoms with Crippen LogP contribution in [0.2, 0.25) is 10.0 Å². The van der Waals surface area contributed by atoms with E-state index in [0.29, 0.717) is 36.1 Å². The molecule has 0 aliphatic carbocycles. The molecule has 2 aromatic carbocycles. The van der Waals surface area contributed by atoms with Crippen LogP contribution in [0.25, 0.3) is 0 Å². The molecule has 2 fully saturated rings. The number of aromatic nitrogens is 1. The monoisotopic (exact) mass is 991 g/mol. The van der Waals surface area contributed by atoms with Crippen molar-refractivity contribution in [3.8, 4) is 23.0 Å². The number of carbonyl (C=O) groups is 6. The number of nitrogens with one attached hydrogen (secondary N) is 1. The minimum Gasteiger partial charge on any atom is -0.543 e. The van der Waals surface area contributed by atoms with E-state index in [1.54, 1.807) is 0 Å². The van der Waals surface area contributed by atoms with E-state index < -0.39 is 81.8 Å². The van der Waals surface area contributed by atoms with Gasteiger partial charge in [-0.1, -0.05) is 28.4 Å². The molecule has 6 rings (SSSR count). The molecule has 3 aliphatic heterocycles. The zero-order chi connectivity index (χ0) is 48.2. The number of carboxylic acids is 2. The fourth-order valence-electron chi connectivity index (χ4n) is 8.03. The van der Waals surface area contributed by atoms with Crippen molar-refractivity contribution in [1.82, 2.24) is 20.1 Å². The van der Waals surface area contributed by atoms with Crippen LogP contribution in [0, 0.1) is 5.92 Å². The van der Waals surface area contributed by atoms with Gasteiger partial charge in [-0.25, -0.2) is 9.78 Å². The van der Waals surface area contributed by atoms with E-state index in [4.69, 9.17) is 33.8 Å². The van der Waals surface area contributed by atoms with E-state index in [0.717, 1.165) is 41.2 Å². The number of phenols is 4. The molecule has 2 saturated heterocycles. The molecule has 24 heteroatoms. The first-order chi connectivity index (χ1) is 31.2. The highest BCUT2D eigenvalue weighted by atomic mass is 35.5. The number of ketones is 1. The minimum absolute atomic E-state index is 0.0283. The fraction of sp³-hybridized carbons (Fsp3) is 0.429. The molecule has 3 aliphatic rings. The van der Waals surface area contributed by atoms with Crippen molar-refractivity contribution in [2.24, 2.45) is 11.1 Å². The summed E-state index contributed by atoms with van der Waals surface area (Å²) in [6.45, 7) is 4.93. The Hall–Kier alpha value is -5.81. The van der Waals surface area contributed by atoms with Gasteiger partial charge in [0.05, 0.1) is 63.8 Å². The molecular formula is C42H47Cl2N7O13S2. The molecule has 8 N–H and O–H groups in total. The number of nitrogen functional groups attached to an aromatic ring is 1. The number of thiazole rings is 1. The van der Waals surface area contributed by atoms with Gasteiger partial charge in [0.25, 0.3) is 11.8 Å². The number of aromatic hydroxyl groups is 4. The Morgan fingerprint density at radius 1 is 1.02 bits per heavy atom. The van der Waals surface area contributed by atoms with Crippen molar-refractivity contribution in [2.75, 3.05) is 57.3 Å². The summed E-state index contributed by atoms with van der Waals surface area (Å²) in [5.74, 6) is -8.43. The van der Waals surface area contributed by atoms with Gasteiger partial charge in [-0.15, -0.1) is 23.1 Å². The van der Waals surface area contributed by atoms with Crippen LogP contribution in [0.3, 0.4) is 0 Å². The second-order valence-corrected chi connectivity index (χ2v) is 19.3. The maximum atomic E-state index is 13.9. The van der Waals surface area contributed by atoms with Crippen molar-refractivity contribution in [1.29, 1.82) is 0 Å². The molecular weight excluding hydrogens is 946 g/mol. The summed E-state index contributed by atoms with van der Waals surface area (Å²) >= 11 is 14.7. The number of carbonyl (C=O) groups excluding carboxylic acids is 5. The van der Waals surface area contributed by atoms with Crippen LogP contribution < -0.4 is 16.2 Å². The number of fused-ring (bicyclic) bond motifs is 1. The number of nitrogens with two attached hydrogens (primary N) is 1. The number of carboxylic acid groups (broad SMARTS) is 2. The number of quaternary nitrogens is 1. The van der Waals surface area contributed by atoms with Gasteiger partial charge in [-0.05, 0) is 44.5 Å². The fourth-order valence-corrected chi connectivity index (χ4v) is 10.5. The minimum atomic E-state index is -1.81. The largest absolute Gasteiger partial charge is 0.543 e. The summed E-state index contributed by atoms with van der Waals surface area (Å²) in [5.41, 5.74) is 3.74. The summed E-state index contributed by atoms with van der Waals surface area (Å²) in [4.78, 5) is 90.6. The molecule has 3 amide bonds. The molecule has 354 valence electrons. The number of amides is 3. The highest BCUT2D eigenvalue weighted by molar-refractivity contribution is 8.00. The highest BCUT2D eigenvalue weighted by Gasteiger charge is 2.54. The number of hydrogen-bond donors (Lipinski definition) is 7. The van der Waals surface area contributed by atoms with Gasteiger partial charge in [0, 0.05) is 62.0 Å². The van der Waals surface area contributed by atoms with E-state index in [1.165, 1.54) is 48.0 Å². The second kappa shape index (κ2) is 20.4. The van der Waals surface area contributed by atoms with Gasteiger partial charge in [-0.2, -0.15) is 0 Å². The Balaban J connectivity index is 1.15. The zero-order valence-electron chi connectivity index (χ0n) is 35.6. The molecule has 0 radical (unpaired) electrons. The van der Waals surface area contributed by atoms with Crippen LogP contribution in [0.4, 0.5) is 5.13 Å². The van der Waals surface area contributed by atoms with Crippen LogP contribution in [0.1, 0.15) is 72.4 Å². The lowest BCUT2D eigenvalue weighted by Gasteiger charge is -2.51. The Bertz CT molecular complexity index is 2510. The molecule has 0 unspecified atom stereocenters. The molecule has 4 heterocycles. The first-order valence-electron chi connectivity index (χ1n) is 20.6. The summed E-state index contributed by atoms with van der Waals surface area (Å²) < 4.78 is 0.448. The van der Waals surface area contributed by atoms with Crippen molar-refractivity contribution >= 4 is 92.6 Å². The molecule has 2 atom stereocenters. The van der Waals surface area contributed by atoms with Gasteiger partial charge in [0.15, 0.2) is 39.6 Å². The van der Waals surface area contributed by atoms with E-state index >= 15 is 0 Å². The van der Waals surface area contributed by atoms with Crippen LogP contribution in [-0.4, -0.2) is 148 Å². The van der Waals surface area contributed by atoms with E-state index in [9.17, 15) is 59.4 Å². The number of likely N-dealkylation sites (tertiary alicyclic amines) is 1. The third-order valence-electron chi connectivity index (χ3n) is 11.6. The van der Waals surface area contributed by atoms with Crippen LogP contribution >= 0.6 is 46.3 Å². The van der Waals surface area contributed by atoms with Gasteiger partial charge < -0.3 is 60.7 Å². The molecule has 3 aromatic rings. The number of thioether (sulfide) groups is 1. The van der Waals surface area contributed by atoms with Crippen LogP contribution in [0.5, 0.6) is 23.0 Å². The second-order valence-electron chi connectivity index (χ2n) is 16.5. The van der Waals surface area contributed by atoms with Gasteiger partial charge in [0.1, 0.15) is 12.2 Å². The maximum absolute atomic E-state index is 13.9. The summed E-state index contributed by atoms with van der Waals surface area (Å²) in [6.07, 6.45) is 1.93. The van der Waals surface area contributed by atoms with Crippen molar-refractivity contribution in [3.63, 3.8) is 0 Å². The molecule has 20 nitrogen and oxygen atoms in total. The SMILES string of the molecule is CC(C)(O/N=C(\C(=O)C[C@@H]1C(=O)N2C(C(=O)[O-])=C(C[N+]3(CCCN(CCCNC(=O)c4ccc(O)c(O)c4Cl)C(=O)c4ccc(O)c(O)c4Cl)CCCC3)CS[C@H]12)c1csc(N)n1)C(=O)O. The van der Waals surface area contributed by atoms with Gasteiger partial charge in [-0.3, -0.25) is 24.1 Å². The first-order valence-corrected chi connectivity index (χ1v) is 23.3. The number of aliphatic carboxylic acids is 2. The maximum Gasteiger partial charge on any atom is 0.350 e. The lowest BCUT2D eigenvalue weighted by Crippen LogP contribution is -2.64. The normalized spacial score (nSPS) is 18.1. The number of Topliss-reactive ketones (excluding diaryl/α,β-unsaturated/α-hetero) is 1. The lowest BCUT2D eigenvalue weighted by molar-refractivity contribution is -0.912. The third kappa shape index (κ3) is 10.6. The van der Waals surface area contributed by atoms with Crippen molar-refractivity contribution in [3.05, 3.63) is 67.8 Å². The standard InChI is InChI=1S/C42H47Cl2N7O13S2/c1-42(2,40(62)63)64-48-31(25-20-66-41(45)47-25)28(54)17-24-37(59)50-32(39(60)61)21(19-65-38(24)50)18-51(14-3-4-15-51)16-6-13-49(36(58)23-8-10-27(53)34(56)30(23)44)12-5-11-46-35(57)22-7-9-26(52)33(55)29(22)43/h7-10,20,24,38H,3-6,11-19H2,1-2H3,(H8-,45,46,47,48,52,53,54,55,56,57,58,60,61,62,63)/t24-,38-/m1/s1. The van der Waals surface area contributed by atoms with E-state index in [-0.39, 0.29) is 81.8 Å². The average molecular weight is 993 g/mol. The number of hydrogen-bond acceptors (Lipinski definition) is 17. The Kier molecular flexibility index (Phi) is 15.3. The Labute approximate surface area is 395 Å². The number of phenolic OH excluding ortho intramolecular Hbond substituents is 4. The van der Waals surface area contributed by atoms with Gasteiger partial charge >= 0.3 is 5.97 Å². The average Bonchev–Trinajstić information content (AvgIpc) is 3.92. The Morgan fingerprint density at radius 3 is 2.24 bits per heavy atom. The zero-order valence-corrected chi connectivity index (χ0v) is 38.8. The van der Waals surface area contributed by atoms with Crippen LogP contribution in [-0.2, 0) is 24.0 Å². The predicted molar refractivity (Wildman–Crippen MR) is 240 cm³/mol. The number of β-lactam (4-membered cyclic amide) rings is 1. The molecule has 66 heavy (non-hydrogen) atoms.